The molecular formula is C14H15N3O3. The van der Waals surface area contributed by atoms with Gasteiger partial charge in [0.05, 0.1) is 7.11 Å². The van der Waals surface area contributed by atoms with Crippen LogP contribution in [0.2, 0.25) is 0 Å². The first-order valence-corrected chi connectivity index (χ1v) is 5.92. The highest BCUT2D eigenvalue weighted by atomic mass is 16.5. The number of ether oxygens (including phenoxy) is 2. The standard InChI is InChI=1S/C14H15N3O3/c1-19-11-4-2-10(3-5-11)9-20-12-6-7-16-13(8-12)14(15)17-18/h2-8,18H,9H2,1H3,(H2,15,17). The Kier molecular flexibility index (Phi) is 4.39. The van der Waals surface area contributed by atoms with E-state index in [1.807, 2.05) is 24.3 Å². The predicted octanol–water partition coefficient (Wildman–Crippen LogP) is 1.76. The SMILES string of the molecule is COc1ccc(COc2ccnc(/C(N)=N/O)c2)cc1. The van der Waals surface area contributed by atoms with E-state index in [2.05, 4.69) is 10.1 Å². The largest absolute Gasteiger partial charge is 0.497 e. The monoisotopic (exact) mass is 273 g/mol. The fraction of sp³-hybridized carbons (Fsp3) is 0.143. The summed E-state index contributed by atoms with van der Waals surface area (Å²) in [6, 6.07) is 10.9. The van der Waals surface area contributed by atoms with Crippen molar-refractivity contribution in [3.8, 4) is 11.5 Å². The van der Waals surface area contributed by atoms with Crippen molar-refractivity contribution in [3.05, 3.63) is 53.9 Å². The van der Waals surface area contributed by atoms with Gasteiger partial charge in [0.1, 0.15) is 23.8 Å². The maximum absolute atomic E-state index is 8.61. The van der Waals surface area contributed by atoms with Crippen LogP contribution in [0.4, 0.5) is 0 Å². The first kappa shape index (κ1) is 13.7. The first-order valence-electron chi connectivity index (χ1n) is 5.92. The van der Waals surface area contributed by atoms with Gasteiger partial charge in [-0.05, 0) is 23.8 Å². The van der Waals surface area contributed by atoms with E-state index in [0.29, 0.717) is 18.1 Å². The molecule has 0 bridgehead atoms. The van der Waals surface area contributed by atoms with Gasteiger partial charge in [-0.3, -0.25) is 4.98 Å². The molecule has 1 aromatic carbocycles. The van der Waals surface area contributed by atoms with Crippen LogP contribution in [0.25, 0.3) is 0 Å². The number of amidine groups is 1. The van der Waals surface area contributed by atoms with Gasteiger partial charge in [-0.15, -0.1) is 0 Å². The number of nitrogens with zero attached hydrogens (tertiary/aromatic N) is 2. The Hall–Kier alpha value is -2.76. The molecule has 0 unspecified atom stereocenters. The number of aromatic nitrogens is 1. The second-order valence-electron chi connectivity index (χ2n) is 4.00. The van der Waals surface area contributed by atoms with E-state index < -0.39 is 0 Å². The lowest BCUT2D eigenvalue weighted by Crippen LogP contribution is -2.14. The van der Waals surface area contributed by atoms with Crippen molar-refractivity contribution in [3.63, 3.8) is 0 Å². The van der Waals surface area contributed by atoms with Gasteiger partial charge in [0.25, 0.3) is 0 Å². The highest BCUT2D eigenvalue weighted by Gasteiger charge is 2.03. The van der Waals surface area contributed by atoms with Crippen LogP contribution in [0.3, 0.4) is 0 Å². The number of pyridine rings is 1. The van der Waals surface area contributed by atoms with Gasteiger partial charge >= 0.3 is 0 Å². The highest BCUT2D eigenvalue weighted by Crippen LogP contribution is 2.15. The van der Waals surface area contributed by atoms with Crippen molar-refractivity contribution >= 4 is 5.84 Å². The minimum absolute atomic E-state index is 0.0557. The van der Waals surface area contributed by atoms with Gasteiger partial charge in [0.15, 0.2) is 5.84 Å². The number of oxime groups is 1. The summed E-state index contributed by atoms with van der Waals surface area (Å²) in [6.45, 7) is 0.406. The molecule has 1 aromatic heterocycles. The van der Waals surface area contributed by atoms with E-state index in [4.69, 9.17) is 20.4 Å². The third-order valence-corrected chi connectivity index (χ3v) is 2.67. The molecule has 6 nitrogen and oxygen atoms in total. The molecular weight excluding hydrogens is 258 g/mol. The number of hydrogen-bond donors (Lipinski definition) is 2. The molecule has 2 aromatic rings. The summed E-state index contributed by atoms with van der Waals surface area (Å²) in [5.41, 5.74) is 6.84. The third kappa shape index (κ3) is 3.38. The average Bonchev–Trinajstić information content (AvgIpc) is 2.53. The van der Waals surface area contributed by atoms with Crippen LogP contribution in [0.1, 0.15) is 11.3 Å². The van der Waals surface area contributed by atoms with E-state index in [9.17, 15) is 0 Å². The van der Waals surface area contributed by atoms with Gasteiger partial charge in [0.2, 0.25) is 0 Å². The molecule has 20 heavy (non-hydrogen) atoms. The maximum atomic E-state index is 8.61. The Morgan fingerprint density at radius 3 is 2.65 bits per heavy atom. The molecule has 1 heterocycles. The van der Waals surface area contributed by atoms with Crippen molar-refractivity contribution < 1.29 is 14.7 Å². The Labute approximate surface area is 116 Å². The predicted molar refractivity (Wildman–Crippen MR) is 74.1 cm³/mol. The number of hydrogen-bond acceptors (Lipinski definition) is 5. The Morgan fingerprint density at radius 2 is 2.00 bits per heavy atom. The Bertz CT molecular complexity index is 597. The lowest BCUT2D eigenvalue weighted by molar-refractivity contribution is 0.305. The topological polar surface area (TPSA) is 90.0 Å². The summed E-state index contributed by atoms with van der Waals surface area (Å²) in [5, 5.41) is 11.5. The molecule has 0 saturated carbocycles. The molecule has 0 radical (unpaired) electrons. The molecule has 6 heteroatoms. The van der Waals surface area contributed by atoms with E-state index in [-0.39, 0.29) is 5.84 Å². The van der Waals surface area contributed by atoms with Crippen molar-refractivity contribution in [2.75, 3.05) is 7.11 Å². The van der Waals surface area contributed by atoms with Crippen molar-refractivity contribution in [2.45, 2.75) is 6.61 Å². The number of methoxy groups -OCH3 is 1. The van der Waals surface area contributed by atoms with Crippen LogP contribution in [0.5, 0.6) is 11.5 Å². The lowest BCUT2D eigenvalue weighted by atomic mass is 10.2. The summed E-state index contributed by atoms with van der Waals surface area (Å²) in [4.78, 5) is 3.98. The van der Waals surface area contributed by atoms with E-state index in [0.717, 1.165) is 11.3 Å². The van der Waals surface area contributed by atoms with Gasteiger partial charge in [-0.1, -0.05) is 17.3 Å². The van der Waals surface area contributed by atoms with Gasteiger partial charge in [-0.25, -0.2) is 0 Å². The summed E-state index contributed by atoms with van der Waals surface area (Å²) < 4.78 is 10.7. The van der Waals surface area contributed by atoms with E-state index in [1.54, 1.807) is 19.2 Å². The zero-order valence-corrected chi connectivity index (χ0v) is 11.0. The normalized spacial score (nSPS) is 11.2. The summed E-state index contributed by atoms with van der Waals surface area (Å²) >= 11 is 0. The van der Waals surface area contributed by atoms with Crippen molar-refractivity contribution in [1.82, 2.24) is 4.98 Å². The molecule has 0 fully saturated rings. The zero-order valence-electron chi connectivity index (χ0n) is 11.0. The van der Waals surface area contributed by atoms with Crippen molar-refractivity contribution in [2.24, 2.45) is 10.9 Å². The summed E-state index contributed by atoms with van der Waals surface area (Å²) in [7, 11) is 1.62. The van der Waals surface area contributed by atoms with E-state index >= 15 is 0 Å². The van der Waals surface area contributed by atoms with Crippen molar-refractivity contribution in [1.29, 1.82) is 0 Å². The lowest BCUT2D eigenvalue weighted by Gasteiger charge is -2.08. The van der Waals surface area contributed by atoms with Gasteiger partial charge < -0.3 is 20.4 Å². The second-order valence-corrected chi connectivity index (χ2v) is 4.00. The zero-order chi connectivity index (χ0) is 14.4. The minimum atomic E-state index is -0.0557. The van der Waals surface area contributed by atoms with Crippen LogP contribution in [0.15, 0.2) is 47.8 Å². The Morgan fingerprint density at radius 1 is 1.25 bits per heavy atom. The summed E-state index contributed by atoms with van der Waals surface area (Å²) in [5.74, 6) is 1.34. The van der Waals surface area contributed by atoms with Crippen LogP contribution in [-0.4, -0.2) is 23.1 Å². The number of benzene rings is 1. The highest BCUT2D eigenvalue weighted by molar-refractivity contribution is 5.95. The van der Waals surface area contributed by atoms with Crippen LogP contribution in [0, 0.1) is 0 Å². The fourth-order valence-corrected chi connectivity index (χ4v) is 1.58. The Balaban J connectivity index is 2.03. The van der Waals surface area contributed by atoms with Crippen LogP contribution in [-0.2, 0) is 6.61 Å². The molecule has 0 atom stereocenters. The van der Waals surface area contributed by atoms with Crippen LogP contribution >= 0.6 is 0 Å². The van der Waals surface area contributed by atoms with Gasteiger partial charge in [0, 0.05) is 12.3 Å². The molecule has 0 aliphatic heterocycles. The quantitative estimate of drug-likeness (QED) is 0.375. The molecule has 0 amide bonds. The second kappa shape index (κ2) is 6.42. The van der Waals surface area contributed by atoms with E-state index in [1.165, 1.54) is 6.20 Å². The number of rotatable bonds is 5. The molecule has 0 aliphatic carbocycles. The molecule has 3 N–H and O–H groups in total. The smallest absolute Gasteiger partial charge is 0.188 e. The number of nitrogens with two attached hydrogens (primary N) is 1. The summed E-state index contributed by atoms with van der Waals surface area (Å²) in [6.07, 6.45) is 1.54. The fourth-order valence-electron chi connectivity index (χ4n) is 1.58. The van der Waals surface area contributed by atoms with Gasteiger partial charge in [-0.2, -0.15) is 0 Å². The van der Waals surface area contributed by atoms with Crippen LogP contribution < -0.4 is 15.2 Å². The first-order chi connectivity index (χ1) is 9.72. The maximum Gasteiger partial charge on any atom is 0.188 e. The molecule has 104 valence electrons. The molecule has 0 spiro atoms. The average molecular weight is 273 g/mol. The molecule has 0 aliphatic rings. The molecule has 0 saturated heterocycles. The third-order valence-electron chi connectivity index (χ3n) is 2.67. The minimum Gasteiger partial charge on any atom is -0.497 e. The molecule has 2 rings (SSSR count).